The molecule has 11 heteroatoms. The van der Waals surface area contributed by atoms with Crippen molar-refractivity contribution in [1.29, 1.82) is 0 Å². The molecule has 2 N–H and O–H groups in total. The van der Waals surface area contributed by atoms with E-state index in [1.807, 2.05) is 12.1 Å². The van der Waals surface area contributed by atoms with E-state index in [2.05, 4.69) is 4.98 Å². The van der Waals surface area contributed by atoms with E-state index in [0.717, 1.165) is 21.9 Å². The lowest BCUT2D eigenvalue weighted by Crippen LogP contribution is -2.42. The average Bonchev–Trinajstić information content (AvgIpc) is 3.68. The first-order chi connectivity index (χ1) is 19.3. The van der Waals surface area contributed by atoms with Crippen molar-refractivity contribution >= 4 is 46.6 Å². The second kappa shape index (κ2) is 9.24. The molecular formula is C29H26N2O7S2. The van der Waals surface area contributed by atoms with Crippen LogP contribution in [0.1, 0.15) is 40.1 Å². The van der Waals surface area contributed by atoms with Crippen molar-refractivity contribution < 1.29 is 29.0 Å². The molecule has 2 aliphatic carbocycles. The summed E-state index contributed by atoms with van der Waals surface area (Å²) < 4.78 is 10.4. The van der Waals surface area contributed by atoms with Gasteiger partial charge in [-0.1, -0.05) is 17.4 Å². The van der Waals surface area contributed by atoms with Gasteiger partial charge in [0.15, 0.2) is 11.5 Å². The molecule has 2 amide bonds. The summed E-state index contributed by atoms with van der Waals surface area (Å²) in [6.45, 7) is 1.99. The van der Waals surface area contributed by atoms with Gasteiger partial charge >= 0.3 is 10.8 Å². The highest BCUT2D eigenvalue weighted by atomic mass is 32.2. The fourth-order valence-electron chi connectivity index (χ4n) is 7.49. The summed E-state index contributed by atoms with van der Waals surface area (Å²) in [5.74, 6) is -1.52. The van der Waals surface area contributed by atoms with E-state index in [9.17, 15) is 24.3 Å². The number of aromatic nitrogens is 1. The largest absolute Gasteiger partial charge is 0.504 e. The number of anilines is 1. The summed E-state index contributed by atoms with van der Waals surface area (Å²) in [6, 6.07) is 11.7. The van der Waals surface area contributed by atoms with Crippen molar-refractivity contribution in [2.45, 2.75) is 29.5 Å². The Kier molecular flexibility index (Phi) is 5.87. The van der Waals surface area contributed by atoms with Gasteiger partial charge in [-0.25, -0.2) is 4.79 Å². The van der Waals surface area contributed by atoms with Gasteiger partial charge in [0.1, 0.15) is 0 Å². The molecule has 7 rings (SSSR count). The van der Waals surface area contributed by atoms with Crippen LogP contribution in [0.4, 0.5) is 5.69 Å². The van der Waals surface area contributed by atoms with E-state index < -0.39 is 17.8 Å². The summed E-state index contributed by atoms with van der Waals surface area (Å²) in [7, 11) is 1.50. The first-order valence-corrected chi connectivity index (χ1v) is 14.9. The third-order valence-electron chi connectivity index (χ3n) is 8.92. The molecule has 2 aromatic carbocycles. The predicted octanol–water partition coefficient (Wildman–Crippen LogP) is 4.01. The number of hydrogen-bond acceptors (Lipinski definition) is 9. The number of phenols is 1. The summed E-state index contributed by atoms with van der Waals surface area (Å²) in [5.41, 5.74) is 1.73. The highest BCUT2D eigenvalue weighted by Crippen LogP contribution is 2.68. The number of amides is 2. The molecule has 1 aromatic heterocycles. The Morgan fingerprint density at radius 2 is 1.80 bits per heavy atom. The second-order valence-corrected chi connectivity index (χ2v) is 12.9. The van der Waals surface area contributed by atoms with Gasteiger partial charge in [0, 0.05) is 16.0 Å². The Balaban J connectivity index is 1.26. The van der Waals surface area contributed by atoms with E-state index in [4.69, 9.17) is 9.47 Å². The number of phenolic OH excluding ortho intramolecular Hbond substituents is 1. The van der Waals surface area contributed by atoms with Crippen molar-refractivity contribution in [2.24, 2.45) is 29.6 Å². The maximum Gasteiger partial charge on any atom is 0.338 e. The first-order valence-electron chi connectivity index (χ1n) is 13.2. The van der Waals surface area contributed by atoms with Gasteiger partial charge in [-0.2, -0.15) is 0 Å². The minimum atomic E-state index is -0.452. The molecule has 206 valence electrons. The number of H-pyrrole nitrogens is 1. The number of methoxy groups -OCH3 is 1. The van der Waals surface area contributed by atoms with Gasteiger partial charge in [-0.15, -0.1) is 11.8 Å². The molecular weight excluding hydrogens is 552 g/mol. The summed E-state index contributed by atoms with van der Waals surface area (Å²) >= 11 is 2.81. The van der Waals surface area contributed by atoms with Crippen molar-refractivity contribution in [1.82, 2.24) is 4.98 Å². The zero-order valence-corrected chi connectivity index (χ0v) is 23.3. The molecule has 0 radical (unpaired) electrons. The number of imide groups is 1. The standard InChI is InChI=1S/C29H26N2O7S2/c1-3-38-28(35)12-4-7-14(8-5-12)31-26(33)21-15-11-16(22(21)27(31)34)23-20(15)19(24-25(39-23)30-29(36)40-24)13-6-9-17(32)18(10-13)37-2/h4-10,15-16,19-23,32H,3,11H2,1-2H3,(H,30,36)/t15?,16?,19-,20?,21?,22?,23?/m1/s1. The van der Waals surface area contributed by atoms with Crippen LogP contribution < -0.4 is 14.5 Å². The number of esters is 1. The Bertz CT molecular complexity index is 1610. The van der Waals surface area contributed by atoms with Crippen LogP contribution in [0.2, 0.25) is 0 Å². The molecule has 3 aromatic rings. The van der Waals surface area contributed by atoms with E-state index in [1.165, 1.54) is 23.3 Å². The average molecular weight is 579 g/mol. The molecule has 4 aliphatic rings. The van der Waals surface area contributed by atoms with Crippen LogP contribution >= 0.6 is 23.1 Å². The summed E-state index contributed by atoms with van der Waals surface area (Å²) in [4.78, 5) is 57.3. The SMILES string of the molecule is CCOC(=O)c1ccc(N2C(=O)C3C4CC(C3C2=O)C2C4Sc3[nH]c(=O)sc3[C@@H]2c2ccc(O)c(OC)c2)cc1. The highest BCUT2D eigenvalue weighted by Gasteiger charge is 2.69. The number of nitrogens with one attached hydrogen (secondary N) is 1. The van der Waals surface area contributed by atoms with Crippen LogP contribution in [-0.2, 0) is 14.3 Å². The number of benzene rings is 2. The minimum absolute atomic E-state index is 0.0108. The number of aromatic amines is 1. The number of aromatic hydroxyl groups is 1. The lowest BCUT2D eigenvalue weighted by atomic mass is 9.68. The van der Waals surface area contributed by atoms with Crippen molar-refractivity contribution in [3.63, 3.8) is 0 Å². The molecule has 2 saturated carbocycles. The van der Waals surface area contributed by atoms with Crippen molar-refractivity contribution in [3.8, 4) is 11.5 Å². The van der Waals surface area contributed by atoms with E-state index in [0.29, 0.717) is 17.0 Å². The third-order valence-corrected chi connectivity index (χ3v) is 11.5. The van der Waals surface area contributed by atoms with Crippen LogP contribution in [0, 0.1) is 29.6 Å². The van der Waals surface area contributed by atoms with E-state index >= 15 is 0 Å². The lowest BCUT2D eigenvalue weighted by molar-refractivity contribution is -0.123. The normalized spacial score (nSPS) is 29.8. The molecule has 0 spiro atoms. The molecule has 6 unspecified atom stereocenters. The zero-order valence-electron chi connectivity index (χ0n) is 21.7. The molecule has 1 saturated heterocycles. The topological polar surface area (TPSA) is 126 Å². The van der Waals surface area contributed by atoms with Crippen LogP contribution in [0.25, 0.3) is 0 Å². The lowest BCUT2D eigenvalue weighted by Gasteiger charge is -2.43. The maximum atomic E-state index is 13.9. The first kappa shape index (κ1) is 25.4. The van der Waals surface area contributed by atoms with Crippen LogP contribution in [0.3, 0.4) is 0 Å². The number of fused-ring (bicyclic) bond motifs is 9. The Morgan fingerprint density at radius 3 is 2.50 bits per heavy atom. The summed E-state index contributed by atoms with van der Waals surface area (Å²) in [6.07, 6.45) is 0.773. The minimum Gasteiger partial charge on any atom is -0.504 e. The molecule has 2 aliphatic heterocycles. The number of carbonyl (C=O) groups is 3. The number of carbonyl (C=O) groups excluding carboxylic acids is 3. The molecule has 3 heterocycles. The fraction of sp³-hybridized carbons (Fsp3) is 0.379. The van der Waals surface area contributed by atoms with Gasteiger partial charge in [0.2, 0.25) is 11.8 Å². The van der Waals surface area contributed by atoms with Crippen LogP contribution in [0.5, 0.6) is 11.5 Å². The molecule has 7 atom stereocenters. The van der Waals surface area contributed by atoms with E-state index in [1.54, 1.807) is 49.0 Å². The third kappa shape index (κ3) is 3.53. The Morgan fingerprint density at radius 1 is 1.07 bits per heavy atom. The van der Waals surface area contributed by atoms with Gasteiger partial charge in [0.25, 0.3) is 0 Å². The number of thiazole rings is 1. The van der Waals surface area contributed by atoms with Crippen molar-refractivity contribution in [3.05, 3.63) is 68.1 Å². The van der Waals surface area contributed by atoms with Gasteiger partial charge in [-0.3, -0.25) is 19.3 Å². The van der Waals surface area contributed by atoms with Crippen LogP contribution in [-0.4, -0.2) is 46.8 Å². The van der Waals surface area contributed by atoms with Crippen LogP contribution in [0.15, 0.2) is 52.3 Å². The number of hydrogen-bond donors (Lipinski definition) is 2. The van der Waals surface area contributed by atoms with Gasteiger partial charge in [0.05, 0.1) is 41.8 Å². The smallest absolute Gasteiger partial charge is 0.338 e. The molecule has 9 nitrogen and oxygen atoms in total. The molecule has 40 heavy (non-hydrogen) atoms. The zero-order chi connectivity index (χ0) is 27.9. The predicted molar refractivity (Wildman–Crippen MR) is 148 cm³/mol. The van der Waals surface area contributed by atoms with Gasteiger partial charge < -0.3 is 19.6 Å². The quantitative estimate of drug-likeness (QED) is 0.344. The maximum absolute atomic E-state index is 13.9. The number of thioether (sulfide) groups is 1. The Labute approximate surface area is 237 Å². The number of ether oxygens (including phenoxy) is 2. The monoisotopic (exact) mass is 578 g/mol. The van der Waals surface area contributed by atoms with Gasteiger partial charge in [-0.05, 0) is 73.1 Å². The second-order valence-electron chi connectivity index (χ2n) is 10.7. The Hall–Kier alpha value is -3.57. The van der Waals surface area contributed by atoms with Crippen molar-refractivity contribution in [2.75, 3.05) is 18.6 Å². The number of nitrogens with zero attached hydrogens (tertiary/aromatic N) is 1. The molecule has 3 fully saturated rings. The fourth-order valence-corrected chi connectivity index (χ4v) is 10.4. The summed E-state index contributed by atoms with van der Waals surface area (Å²) in [5, 5.41) is 11.1. The van der Waals surface area contributed by atoms with E-state index in [-0.39, 0.29) is 58.0 Å². The highest BCUT2D eigenvalue weighted by molar-refractivity contribution is 8.00. The molecule has 2 bridgehead atoms. The number of rotatable bonds is 5.